The Labute approximate surface area is 249 Å². The van der Waals surface area contributed by atoms with Crippen molar-refractivity contribution in [3.05, 3.63) is 133 Å². The molecule has 0 spiro atoms. The van der Waals surface area contributed by atoms with Crippen molar-refractivity contribution in [3.63, 3.8) is 0 Å². The number of anilines is 6. The molecule has 6 heteroatoms. The number of nitrogens with zero attached hydrogens (tertiary/aromatic N) is 4. The number of rotatable bonds is 2. The van der Waals surface area contributed by atoms with E-state index >= 15 is 0 Å². The topological polar surface area (TPSA) is 50.7 Å². The number of pyridine rings is 2. The number of fused-ring (bicyclic) bond motifs is 7. The molecule has 4 aromatic carbocycles. The van der Waals surface area contributed by atoms with Crippen LogP contribution in [0.2, 0.25) is 0 Å². The molecule has 0 amide bonds. The summed E-state index contributed by atoms with van der Waals surface area (Å²) < 4.78 is 12.5. The predicted molar refractivity (Wildman–Crippen MR) is 169 cm³/mol. The first kappa shape index (κ1) is 24.0. The summed E-state index contributed by atoms with van der Waals surface area (Å²) in [5, 5.41) is 0. The zero-order chi connectivity index (χ0) is 28.7. The average molecular weight is 559 g/mol. The van der Waals surface area contributed by atoms with Crippen molar-refractivity contribution < 1.29 is 9.47 Å². The number of hydrogen-bond donors (Lipinski definition) is 0. The van der Waals surface area contributed by atoms with Crippen LogP contribution in [0.1, 0.15) is 25.0 Å². The molecule has 2 aromatic heterocycles. The number of para-hydroxylation sites is 8. The summed E-state index contributed by atoms with van der Waals surface area (Å²) in [7, 11) is 0. The third-order valence-electron chi connectivity index (χ3n) is 8.74. The molecule has 6 aromatic rings. The van der Waals surface area contributed by atoms with Crippen LogP contribution < -0.4 is 19.3 Å². The molecule has 0 saturated carbocycles. The van der Waals surface area contributed by atoms with E-state index in [4.69, 9.17) is 19.4 Å². The second kappa shape index (κ2) is 8.69. The molecule has 0 saturated heterocycles. The van der Waals surface area contributed by atoms with Crippen LogP contribution in [0.4, 0.5) is 34.4 Å². The van der Waals surface area contributed by atoms with Gasteiger partial charge in [-0.3, -0.25) is 9.80 Å². The summed E-state index contributed by atoms with van der Waals surface area (Å²) in [5.74, 6) is 4.95. The van der Waals surface area contributed by atoms with Crippen molar-refractivity contribution in [2.75, 3.05) is 9.80 Å². The van der Waals surface area contributed by atoms with E-state index in [-0.39, 0.29) is 5.41 Å². The van der Waals surface area contributed by atoms with Gasteiger partial charge in [0.2, 0.25) is 0 Å². The monoisotopic (exact) mass is 558 g/mol. The molecule has 206 valence electrons. The minimum absolute atomic E-state index is 0.281. The van der Waals surface area contributed by atoms with Crippen molar-refractivity contribution in [1.82, 2.24) is 9.97 Å². The van der Waals surface area contributed by atoms with Crippen molar-refractivity contribution in [3.8, 4) is 34.1 Å². The standard InChI is InChI=1S/C37H26N4O2/c1-37(2)25-19-35(40-27-11-3-7-15-31(27)42-32-16-8-4-12-28(32)40)38-21-23(25)24-22-39-36(20-26(24)37)41-29-13-5-9-17-33(29)43-34-18-10-6-14-30(34)41/h3-22H,1-2H3. The maximum absolute atomic E-state index is 6.24. The SMILES string of the molecule is CC1(C)c2cc(N3c4ccccc4Oc4ccccc43)ncc2-c2cnc(N3c4ccccc4Oc4ccccc43)cc21. The molecule has 9 rings (SSSR count). The Morgan fingerprint density at radius 1 is 0.488 bits per heavy atom. The van der Waals surface area contributed by atoms with Gasteiger partial charge in [-0.25, -0.2) is 9.97 Å². The fraction of sp³-hybridized carbons (Fsp3) is 0.0811. The Kier molecular flexibility index (Phi) is 4.86. The van der Waals surface area contributed by atoms with Crippen molar-refractivity contribution >= 4 is 34.4 Å². The van der Waals surface area contributed by atoms with E-state index in [0.29, 0.717) is 0 Å². The van der Waals surface area contributed by atoms with E-state index in [1.54, 1.807) is 0 Å². The van der Waals surface area contributed by atoms with Gasteiger partial charge in [0.05, 0.1) is 22.7 Å². The van der Waals surface area contributed by atoms with Gasteiger partial charge in [0, 0.05) is 28.9 Å². The van der Waals surface area contributed by atoms with Gasteiger partial charge in [-0.1, -0.05) is 62.4 Å². The van der Waals surface area contributed by atoms with Gasteiger partial charge in [0.25, 0.3) is 0 Å². The third-order valence-corrected chi connectivity index (χ3v) is 8.74. The van der Waals surface area contributed by atoms with Crippen LogP contribution in [0.5, 0.6) is 23.0 Å². The van der Waals surface area contributed by atoms with Crippen LogP contribution in [-0.2, 0) is 5.41 Å². The van der Waals surface area contributed by atoms with E-state index in [1.165, 1.54) is 11.1 Å². The third kappa shape index (κ3) is 3.40. The van der Waals surface area contributed by atoms with Gasteiger partial charge in [0.15, 0.2) is 23.0 Å². The predicted octanol–water partition coefficient (Wildman–Crippen LogP) is 9.93. The van der Waals surface area contributed by atoms with Crippen LogP contribution in [-0.4, -0.2) is 9.97 Å². The highest BCUT2D eigenvalue weighted by Gasteiger charge is 2.39. The summed E-state index contributed by atoms with van der Waals surface area (Å²) >= 11 is 0. The number of ether oxygens (including phenoxy) is 2. The van der Waals surface area contributed by atoms with Crippen LogP contribution in [0.3, 0.4) is 0 Å². The quantitative estimate of drug-likeness (QED) is 0.210. The molecule has 2 aliphatic heterocycles. The summed E-state index contributed by atoms with van der Waals surface area (Å²) in [6, 6.07) is 36.9. The maximum atomic E-state index is 6.24. The van der Waals surface area contributed by atoms with Gasteiger partial charge in [-0.2, -0.15) is 0 Å². The molecule has 4 heterocycles. The average Bonchev–Trinajstić information content (AvgIpc) is 3.27. The second-order valence-electron chi connectivity index (χ2n) is 11.5. The molecule has 43 heavy (non-hydrogen) atoms. The molecule has 0 fully saturated rings. The highest BCUT2D eigenvalue weighted by Crippen LogP contribution is 2.55. The lowest BCUT2D eigenvalue weighted by atomic mass is 9.83. The second-order valence-corrected chi connectivity index (χ2v) is 11.5. The lowest BCUT2D eigenvalue weighted by molar-refractivity contribution is 0.476. The molecule has 3 aliphatic rings. The summed E-state index contributed by atoms with van der Waals surface area (Å²) in [6.45, 7) is 4.57. The van der Waals surface area contributed by atoms with E-state index in [1.807, 2.05) is 85.2 Å². The highest BCUT2D eigenvalue weighted by molar-refractivity contribution is 5.90. The zero-order valence-corrected chi connectivity index (χ0v) is 23.7. The molecule has 0 bridgehead atoms. The van der Waals surface area contributed by atoms with Gasteiger partial charge in [-0.05, 0) is 71.8 Å². The minimum Gasteiger partial charge on any atom is -0.453 e. The smallest absolute Gasteiger partial charge is 0.151 e. The van der Waals surface area contributed by atoms with Crippen molar-refractivity contribution in [1.29, 1.82) is 0 Å². The van der Waals surface area contributed by atoms with E-state index < -0.39 is 0 Å². The normalized spacial score (nSPS) is 14.7. The first-order valence-corrected chi connectivity index (χ1v) is 14.4. The fourth-order valence-electron chi connectivity index (χ4n) is 6.64. The van der Waals surface area contributed by atoms with Crippen LogP contribution in [0.25, 0.3) is 11.1 Å². The largest absolute Gasteiger partial charge is 0.453 e. The highest BCUT2D eigenvalue weighted by atomic mass is 16.5. The van der Waals surface area contributed by atoms with Crippen molar-refractivity contribution in [2.24, 2.45) is 0 Å². The van der Waals surface area contributed by atoms with Gasteiger partial charge in [0.1, 0.15) is 11.6 Å². The van der Waals surface area contributed by atoms with Crippen molar-refractivity contribution in [2.45, 2.75) is 19.3 Å². The molecular formula is C37H26N4O2. The Balaban J connectivity index is 1.18. The summed E-state index contributed by atoms with van der Waals surface area (Å²) in [4.78, 5) is 14.4. The zero-order valence-electron chi connectivity index (χ0n) is 23.7. The Bertz CT molecular complexity index is 1860. The first-order valence-electron chi connectivity index (χ1n) is 14.4. The fourth-order valence-corrected chi connectivity index (χ4v) is 6.64. The number of benzene rings is 4. The molecular weight excluding hydrogens is 532 g/mol. The van der Waals surface area contributed by atoms with E-state index in [0.717, 1.165) is 68.5 Å². The molecule has 0 radical (unpaired) electrons. The number of aromatic nitrogens is 2. The Hall–Kier alpha value is -5.62. The first-order chi connectivity index (χ1) is 21.1. The summed E-state index contributed by atoms with van der Waals surface area (Å²) in [6.07, 6.45) is 4.00. The van der Waals surface area contributed by atoms with Gasteiger partial charge >= 0.3 is 0 Å². The minimum atomic E-state index is -0.281. The molecule has 0 N–H and O–H groups in total. The molecule has 1 aliphatic carbocycles. The lowest BCUT2D eigenvalue weighted by Crippen LogP contribution is -2.20. The summed E-state index contributed by atoms with van der Waals surface area (Å²) in [5.41, 5.74) is 8.25. The number of hydrogen-bond acceptors (Lipinski definition) is 6. The van der Waals surface area contributed by atoms with Crippen LogP contribution >= 0.6 is 0 Å². The molecule has 6 nitrogen and oxygen atoms in total. The molecule has 0 atom stereocenters. The lowest BCUT2D eigenvalue weighted by Gasteiger charge is -2.33. The molecule has 0 unspecified atom stereocenters. The van der Waals surface area contributed by atoms with E-state index in [9.17, 15) is 0 Å². The van der Waals surface area contributed by atoms with Gasteiger partial charge < -0.3 is 9.47 Å². The maximum Gasteiger partial charge on any atom is 0.151 e. The van der Waals surface area contributed by atoms with Crippen LogP contribution in [0.15, 0.2) is 122 Å². The van der Waals surface area contributed by atoms with E-state index in [2.05, 4.69) is 60.0 Å². The Morgan fingerprint density at radius 3 is 1.16 bits per heavy atom. The Morgan fingerprint density at radius 2 is 0.814 bits per heavy atom. The van der Waals surface area contributed by atoms with Gasteiger partial charge in [-0.15, -0.1) is 0 Å². The van der Waals surface area contributed by atoms with Crippen LogP contribution in [0, 0.1) is 0 Å².